The van der Waals surface area contributed by atoms with Crippen LogP contribution in [0.15, 0.2) is 12.4 Å². The molecule has 0 aromatic carbocycles. The molecule has 0 aliphatic carbocycles. The SMILES string of the molecule is NCC[C@H]1CN(c2cncc(C(N)=O)n2)CCO1. The van der Waals surface area contributed by atoms with Crippen molar-refractivity contribution in [2.45, 2.75) is 12.5 Å². The molecule has 1 fully saturated rings. The zero-order valence-corrected chi connectivity index (χ0v) is 10.1. The van der Waals surface area contributed by atoms with Crippen LogP contribution in [0.2, 0.25) is 0 Å². The van der Waals surface area contributed by atoms with Gasteiger partial charge in [0.05, 0.1) is 25.1 Å². The van der Waals surface area contributed by atoms with Crippen LogP contribution in [-0.4, -0.2) is 48.2 Å². The van der Waals surface area contributed by atoms with Crippen LogP contribution in [0.4, 0.5) is 5.82 Å². The van der Waals surface area contributed by atoms with Gasteiger partial charge in [-0.25, -0.2) is 4.98 Å². The number of morpholine rings is 1. The molecule has 1 aromatic rings. The molecule has 2 rings (SSSR count). The van der Waals surface area contributed by atoms with Gasteiger partial charge in [-0.15, -0.1) is 0 Å². The summed E-state index contributed by atoms with van der Waals surface area (Å²) in [6.45, 7) is 2.63. The first-order chi connectivity index (χ1) is 8.70. The van der Waals surface area contributed by atoms with Gasteiger partial charge in [-0.1, -0.05) is 0 Å². The fourth-order valence-corrected chi connectivity index (χ4v) is 1.91. The maximum atomic E-state index is 11.1. The molecule has 0 radical (unpaired) electrons. The van der Waals surface area contributed by atoms with Crippen molar-refractivity contribution >= 4 is 11.7 Å². The lowest BCUT2D eigenvalue weighted by Gasteiger charge is -2.33. The van der Waals surface area contributed by atoms with Crippen molar-refractivity contribution in [2.75, 3.05) is 31.1 Å². The van der Waals surface area contributed by atoms with Gasteiger partial charge in [-0.2, -0.15) is 0 Å². The predicted molar refractivity (Wildman–Crippen MR) is 66.2 cm³/mol. The number of hydrogen-bond donors (Lipinski definition) is 2. The zero-order chi connectivity index (χ0) is 13.0. The Kier molecular flexibility index (Phi) is 4.06. The number of carbonyl (C=O) groups is 1. The monoisotopic (exact) mass is 251 g/mol. The Morgan fingerprint density at radius 2 is 2.39 bits per heavy atom. The molecule has 1 aliphatic heterocycles. The van der Waals surface area contributed by atoms with Crippen LogP contribution in [0.5, 0.6) is 0 Å². The average molecular weight is 251 g/mol. The second-order valence-corrected chi connectivity index (χ2v) is 4.14. The highest BCUT2D eigenvalue weighted by Gasteiger charge is 2.21. The highest BCUT2D eigenvalue weighted by Crippen LogP contribution is 2.15. The van der Waals surface area contributed by atoms with E-state index < -0.39 is 5.91 Å². The summed E-state index contributed by atoms with van der Waals surface area (Å²) < 4.78 is 5.59. The number of hydrogen-bond acceptors (Lipinski definition) is 6. The molecular weight excluding hydrogens is 234 g/mol. The number of nitrogens with zero attached hydrogens (tertiary/aromatic N) is 3. The Balaban J connectivity index is 2.10. The summed E-state index contributed by atoms with van der Waals surface area (Å²) in [5.41, 5.74) is 10.9. The maximum Gasteiger partial charge on any atom is 0.268 e. The fraction of sp³-hybridized carbons (Fsp3) is 0.545. The summed E-state index contributed by atoms with van der Waals surface area (Å²) >= 11 is 0. The lowest BCUT2D eigenvalue weighted by atomic mass is 10.2. The molecule has 4 N–H and O–H groups in total. The van der Waals surface area contributed by atoms with Gasteiger partial charge in [-0.05, 0) is 13.0 Å². The quantitative estimate of drug-likeness (QED) is 0.720. The number of ether oxygens (including phenoxy) is 1. The van der Waals surface area contributed by atoms with E-state index in [0.717, 1.165) is 13.0 Å². The van der Waals surface area contributed by atoms with E-state index in [9.17, 15) is 4.79 Å². The van der Waals surface area contributed by atoms with Crippen molar-refractivity contribution in [1.82, 2.24) is 9.97 Å². The van der Waals surface area contributed by atoms with Gasteiger partial charge in [0.1, 0.15) is 11.5 Å². The topological polar surface area (TPSA) is 107 Å². The number of aromatic nitrogens is 2. The van der Waals surface area contributed by atoms with Gasteiger partial charge >= 0.3 is 0 Å². The Morgan fingerprint density at radius 1 is 1.56 bits per heavy atom. The third-order valence-corrected chi connectivity index (χ3v) is 2.83. The molecule has 7 heteroatoms. The van der Waals surface area contributed by atoms with E-state index in [-0.39, 0.29) is 11.8 Å². The van der Waals surface area contributed by atoms with Gasteiger partial charge in [0.15, 0.2) is 0 Å². The highest BCUT2D eigenvalue weighted by molar-refractivity contribution is 5.90. The van der Waals surface area contributed by atoms with E-state index in [1.54, 1.807) is 6.20 Å². The Bertz CT molecular complexity index is 424. The average Bonchev–Trinajstić information content (AvgIpc) is 2.39. The Morgan fingerprint density at radius 3 is 3.11 bits per heavy atom. The molecule has 1 aliphatic rings. The van der Waals surface area contributed by atoms with E-state index in [0.29, 0.717) is 25.5 Å². The molecule has 18 heavy (non-hydrogen) atoms. The van der Waals surface area contributed by atoms with Crippen LogP contribution in [0.3, 0.4) is 0 Å². The van der Waals surface area contributed by atoms with Crippen LogP contribution in [-0.2, 0) is 4.74 Å². The summed E-state index contributed by atoms with van der Waals surface area (Å²) in [5, 5.41) is 0. The molecule has 1 amide bonds. The molecule has 98 valence electrons. The van der Waals surface area contributed by atoms with Gasteiger partial charge < -0.3 is 21.1 Å². The van der Waals surface area contributed by atoms with Crippen molar-refractivity contribution in [1.29, 1.82) is 0 Å². The molecular formula is C11H17N5O2. The van der Waals surface area contributed by atoms with E-state index in [1.807, 2.05) is 4.90 Å². The number of nitrogens with two attached hydrogens (primary N) is 2. The molecule has 1 aromatic heterocycles. The fourth-order valence-electron chi connectivity index (χ4n) is 1.91. The Labute approximate surface area is 105 Å². The van der Waals surface area contributed by atoms with Gasteiger partial charge in [0.2, 0.25) is 0 Å². The standard InChI is InChI=1S/C11H17N5O2/c12-2-1-8-7-16(3-4-18-8)10-6-14-5-9(15-10)11(13)17/h5-6,8H,1-4,7,12H2,(H2,13,17)/t8-/m0/s1. The summed E-state index contributed by atoms with van der Waals surface area (Å²) in [5.74, 6) is 0.0766. The maximum absolute atomic E-state index is 11.1. The van der Waals surface area contributed by atoms with Crippen LogP contribution in [0.1, 0.15) is 16.9 Å². The second kappa shape index (κ2) is 5.74. The van der Waals surface area contributed by atoms with Crippen molar-refractivity contribution in [3.8, 4) is 0 Å². The van der Waals surface area contributed by atoms with Crippen molar-refractivity contribution in [2.24, 2.45) is 11.5 Å². The van der Waals surface area contributed by atoms with Gasteiger partial charge in [0, 0.05) is 13.1 Å². The lowest BCUT2D eigenvalue weighted by molar-refractivity contribution is 0.0366. The number of primary amides is 1. The molecule has 7 nitrogen and oxygen atoms in total. The van der Waals surface area contributed by atoms with Gasteiger partial charge in [-0.3, -0.25) is 9.78 Å². The third kappa shape index (κ3) is 2.93. The van der Waals surface area contributed by atoms with E-state index in [1.165, 1.54) is 6.20 Å². The number of amides is 1. The summed E-state index contributed by atoms with van der Waals surface area (Å²) in [7, 11) is 0. The lowest BCUT2D eigenvalue weighted by Crippen LogP contribution is -2.43. The molecule has 0 unspecified atom stereocenters. The summed E-state index contributed by atoms with van der Waals surface area (Å²) in [4.78, 5) is 21.3. The number of carbonyl (C=O) groups excluding carboxylic acids is 1. The third-order valence-electron chi connectivity index (χ3n) is 2.83. The minimum absolute atomic E-state index is 0.0998. The summed E-state index contributed by atoms with van der Waals surface area (Å²) in [6, 6.07) is 0. The first-order valence-electron chi connectivity index (χ1n) is 5.89. The molecule has 0 bridgehead atoms. The van der Waals surface area contributed by atoms with Crippen LogP contribution in [0.25, 0.3) is 0 Å². The molecule has 0 spiro atoms. The predicted octanol–water partition coefficient (Wildman–Crippen LogP) is -0.870. The number of rotatable bonds is 4. The molecule has 2 heterocycles. The molecule has 1 atom stereocenters. The smallest absolute Gasteiger partial charge is 0.268 e. The normalized spacial score (nSPS) is 19.8. The van der Waals surface area contributed by atoms with Gasteiger partial charge in [0.25, 0.3) is 5.91 Å². The minimum atomic E-state index is -0.573. The number of anilines is 1. The van der Waals surface area contributed by atoms with E-state index in [4.69, 9.17) is 16.2 Å². The minimum Gasteiger partial charge on any atom is -0.374 e. The molecule has 1 saturated heterocycles. The summed E-state index contributed by atoms with van der Waals surface area (Å²) in [6.07, 6.45) is 3.89. The van der Waals surface area contributed by atoms with E-state index >= 15 is 0 Å². The first kappa shape index (κ1) is 12.7. The van der Waals surface area contributed by atoms with Crippen LogP contribution in [0, 0.1) is 0 Å². The second-order valence-electron chi connectivity index (χ2n) is 4.14. The van der Waals surface area contributed by atoms with Crippen molar-refractivity contribution in [3.05, 3.63) is 18.1 Å². The van der Waals surface area contributed by atoms with Crippen LogP contribution >= 0.6 is 0 Å². The molecule has 0 saturated carbocycles. The largest absolute Gasteiger partial charge is 0.374 e. The van der Waals surface area contributed by atoms with E-state index in [2.05, 4.69) is 9.97 Å². The van der Waals surface area contributed by atoms with Crippen molar-refractivity contribution < 1.29 is 9.53 Å². The highest BCUT2D eigenvalue weighted by atomic mass is 16.5. The van der Waals surface area contributed by atoms with Crippen LogP contribution < -0.4 is 16.4 Å². The zero-order valence-electron chi connectivity index (χ0n) is 10.1. The first-order valence-corrected chi connectivity index (χ1v) is 5.89. The van der Waals surface area contributed by atoms with Crippen molar-refractivity contribution in [3.63, 3.8) is 0 Å². The Hall–Kier alpha value is -1.73.